The van der Waals surface area contributed by atoms with Crippen LogP contribution in [0.2, 0.25) is 0 Å². The highest BCUT2D eigenvalue weighted by atomic mass is 79.9. The number of benzene rings is 2. The normalized spacial score (nSPS) is 10.2. The Labute approximate surface area is 125 Å². The summed E-state index contributed by atoms with van der Waals surface area (Å²) in [5.41, 5.74) is 1.71. The van der Waals surface area contributed by atoms with Crippen molar-refractivity contribution in [2.45, 2.75) is 10.6 Å². The number of carbonyl (C=O) groups excluding carboxylic acids is 1. The van der Waals surface area contributed by atoms with Crippen LogP contribution in [0.4, 0.5) is 0 Å². The Bertz CT molecular complexity index is 570. The van der Waals surface area contributed by atoms with Crippen molar-refractivity contribution < 1.29 is 9.53 Å². The molecule has 0 fully saturated rings. The van der Waals surface area contributed by atoms with Crippen molar-refractivity contribution in [2.24, 2.45) is 0 Å². The number of ether oxygens (including phenoxy) is 1. The average Bonchev–Trinajstić information content (AvgIpc) is 2.46. The quantitative estimate of drug-likeness (QED) is 0.606. The van der Waals surface area contributed by atoms with E-state index in [9.17, 15) is 4.79 Å². The summed E-state index contributed by atoms with van der Waals surface area (Å²) in [5.74, 6) is 0.537. The number of methoxy groups -OCH3 is 1. The largest absolute Gasteiger partial charge is 0.465 e. The molecule has 19 heavy (non-hydrogen) atoms. The summed E-state index contributed by atoms with van der Waals surface area (Å²) in [5, 5.41) is 0. The SMILES string of the molecule is COC(=O)c1ccc(CSc2ccccc2)c(Br)c1. The lowest BCUT2D eigenvalue weighted by Gasteiger charge is -2.06. The fourth-order valence-corrected chi connectivity index (χ4v) is 3.22. The molecule has 0 radical (unpaired) electrons. The molecule has 0 aliphatic carbocycles. The molecule has 2 aromatic carbocycles. The van der Waals surface area contributed by atoms with Crippen LogP contribution in [0.1, 0.15) is 15.9 Å². The summed E-state index contributed by atoms with van der Waals surface area (Å²) in [6.45, 7) is 0. The van der Waals surface area contributed by atoms with Crippen molar-refractivity contribution in [3.8, 4) is 0 Å². The van der Waals surface area contributed by atoms with Crippen molar-refractivity contribution in [3.05, 3.63) is 64.1 Å². The zero-order chi connectivity index (χ0) is 13.7. The third-order valence-electron chi connectivity index (χ3n) is 2.61. The van der Waals surface area contributed by atoms with Crippen molar-refractivity contribution in [1.29, 1.82) is 0 Å². The Hall–Kier alpha value is -1.26. The highest BCUT2D eigenvalue weighted by molar-refractivity contribution is 9.10. The lowest BCUT2D eigenvalue weighted by molar-refractivity contribution is 0.0600. The van der Waals surface area contributed by atoms with E-state index in [4.69, 9.17) is 4.74 Å². The minimum Gasteiger partial charge on any atom is -0.465 e. The van der Waals surface area contributed by atoms with Gasteiger partial charge in [-0.05, 0) is 29.8 Å². The highest BCUT2D eigenvalue weighted by Crippen LogP contribution is 2.27. The molecule has 0 saturated heterocycles. The molecule has 0 saturated carbocycles. The van der Waals surface area contributed by atoms with Gasteiger partial charge in [0.05, 0.1) is 12.7 Å². The summed E-state index contributed by atoms with van der Waals surface area (Å²) < 4.78 is 5.62. The Kier molecular flexibility index (Phi) is 5.05. The van der Waals surface area contributed by atoms with Gasteiger partial charge in [0.1, 0.15) is 0 Å². The lowest BCUT2D eigenvalue weighted by atomic mass is 10.1. The summed E-state index contributed by atoms with van der Waals surface area (Å²) >= 11 is 5.26. The predicted molar refractivity (Wildman–Crippen MR) is 81.5 cm³/mol. The van der Waals surface area contributed by atoms with E-state index >= 15 is 0 Å². The van der Waals surface area contributed by atoms with Gasteiger partial charge in [0, 0.05) is 15.1 Å². The van der Waals surface area contributed by atoms with E-state index < -0.39 is 0 Å². The fraction of sp³-hybridized carbons (Fsp3) is 0.133. The van der Waals surface area contributed by atoms with Crippen LogP contribution in [0.15, 0.2) is 57.9 Å². The maximum atomic E-state index is 11.4. The number of esters is 1. The molecule has 98 valence electrons. The summed E-state index contributed by atoms with van der Waals surface area (Å²) in [4.78, 5) is 12.6. The van der Waals surface area contributed by atoms with Gasteiger partial charge in [0.2, 0.25) is 0 Å². The van der Waals surface area contributed by atoms with E-state index in [1.54, 1.807) is 23.9 Å². The molecular weight excluding hydrogens is 324 g/mol. The molecule has 0 aliphatic heterocycles. The monoisotopic (exact) mass is 336 g/mol. The average molecular weight is 337 g/mol. The van der Waals surface area contributed by atoms with E-state index in [1.165, 1.54) is 12.0 Å². The van der Waals surface area contributed by atoms with E-state index in [0.29, 0.717) is 5.56 Å². The second-order valence-corrected chi connectivity index (χ2v) is 5.80. The maximum absolute atomic E-state index is 11.4. The van der Waals surface area contributed by atoms with Crippen LogP contribution in [-0.4, -0.2) is 13.1 Å². The first-order valence-electron chi connectivity index (χ1n) is 5.75. The third kappa shape index (κ3) is 3.85. The van der Waals surface area contributed by atoms with Crippen LogP contribution in [-0.2, 0) is 10.5 Å². The Balaban J connectivity index is 2.07. The van der Waals surface area contributed by atoms with Gasteiger partial charge in [0.25, 0.3) is 0 Å². The molecule has 0 aromatic heterocycles. The Morgan fingerprint density at radius 1 is 1.21 bits per heavy atom. The van der Waals surface area contributed by atoms with E-state index in [-0.39, 0.29) is 5.97 Å². The minimum absolute atomic E-state index is 0.317. The van der Waals surface area contributed by atoms with Gasteiger partial charge in [-0.1, -0.05) is 40.2 Å². The number of carbonyl (C=O) groups is 1. The van der Waals surface area contributed by atoms with Crippen LogP contribution >= 0.6 is 27.7 Å². The topological polar surface area (TPSA) is 26.3 Å². The molecule has 2 rings (SSSR count). The molecule has 0 unspecified atom stereocenters. The molecule has 0 atom stereocenters. The van der Waals surface area contributed by atoms with Gasteiger partial charge in [0.15, 0.2) is 0 Å². The molecular formula is C15H13BrO2S. The van der Waals surface area contributed by atoms with E-state index in [0.717, 1.165) is 15.8 Å². The number of hydrogen-bond acceptors (Lipinski definition) is 3. The first-order chi connectivity index (χ1) is 9.20. The van der Waals surface area contributed by atoms with Gasteiger partial charge >= 0.3 is 5.97 Å². The van der Waals surface area contributed by atoms with Gasteiger partial charge in [-0.2, -0.15) is 0 Å². The van der Waals surface area contributed by atoms with Gasteiger partial charge in [-0.15, -0.1) is 11.8 Å². The first kappa shape index (κ1) is 14.2. The minimum atomic E-state index is -0.317. The second-order valence-electron chi connectivity index (χ2n) is 3.90. The molecule has 0 aliphatic rings. The molecule has 0 spiro atoms. The van der Waals surface area contributed by atoms with Crippen LogP contribution in [0.25, 0.3) is 0 Å². The molecule has 0 heterocycles. The molecule has 0 bridgehead atoms. The smallest absolute Gasteiger partial charge is 0.337 e. The van der Waals surface area contributed by atoms with Crippen molar-refractivity contribution in [1.82, 2.24) is 0 Å². The van der Waals surface area contributed by atoms with Gasteiger partial charge in [-0.3, -0.25) is 0 Å². The lowest BCUT2D eigenvalue weighted by Crippen LogP contribution is -2.01. The van der Waals surface area contributed by atoms with Crippen LogP contribution < -0.4 is 0 Å². The molecule has 0 N–H and O–H groups in total. The van der Waals surface area contributed by atoms with E-state index in [1.807, 2.05) is 24.3 Å². The Morgan fingerprint density at radius 3 is 2.58 bits per heavy atom. The summed E-state index contributed by atoms with van der Waals surface area (Å²) in [6.07, 6.45) is 0. The zero-order valence-corrected chi connectivity index (χ0v) is 12.8. The second kappa shape index (κ2) is 6.78. The summed E-state index contributed by atoms with van der Waals surface area (Å²) in [6, 6.07) is 15.8. The van der Waals surface area contributed by atoms with Gasteiger partial charge < -0.3 is 4.74 Å². The van der Waals surface area contributed by atoms with Crippen LogP contribution in [0.5, 0.6) is 0 Å². The number of thioether (sulfide) groups is 1. The zero-order valence-electron chi connectivity index (χ0n) is 10.4. The molecule has 2 nitrogen and oxygen atoms in total. The van der Waals surface area contributed by atoms with Crippen LogP contribution in [0.3, 0.4) is 0 Å². The number of halogens is 1. The fourth-order valence-electron chi connectivity index (χ4n) is 1.59. The summed E-state index contributed by atoms with van der Waals surface area (Å²) in [7, 11) is 1.38. The predicted octanol–water partition coefficient (Wildman–Crippen LogP) is 4.53. The van der Waals surface area contributed by atoms with Crippen molar-refractivity contribution in [3.63, 3.8) is 0 Å². The third-order valence-corrected chi connectivity index (χ3v) is 4.41. The maximum Gasteiger partial charge on any atom is 0.337 e. The van der Waals surface area contributed by atoms with Crippen molar-refractivity contribution in [2.75, 3.05) is 7.11 Å². The van der Waals surface area contributed by atoms with Gasteiger partial charge in [-0.25, -0.2) is 4.79 Å². The number of hydrogen-bond donors (Lipinski definition) is 0. The Morgan fingerprint density at radius 2 is 1.95 bits per heavy atom. The number of rotatable bonds is 4. The van der Waals surface area contributed by atoms with Crippen LogP contribution in [0, 0.1) is 0 Å². The highest BCUT2D eigenvalue weighted by Gasteiger charge is 2.08. The van der Waals surface area contributed by atoms with Crippen molar-refractivity contribution >= 4 is 33.7 Å². The first-order valence-corrected chi connectivity index (χ1v) is 7.53. The standard InChI is InChI=1S/C15H13BrO2S/c1-18-15(17)11-7-8-12(14(16)9-11)10-19-13-5-3-2-4-6-13/h2-9H,10H2,1H3. The van der Waals surface area contributed by atoms with E-state index in [2.05, 4.69) is 28.1 Å². The molecule has 0 amide bonds. The molecule has 2 aromatic rings. The molecule has 4 heteroatoms.